The van der Waals surface area contributed by atoms with Gasteiger partial charge in [0.1, 0.15) is 25.1 Å². The highest BCUT2D eigenvalue weighted by Crippen LogP contribution is 2.17. The van der Waals surface area contributed by atoms with E-state index in [9.17, 15) is 4.79 Å². The van der Waals surface area contributed by atoms with Crippen LogP contribution in [-0.4, -0.2) is 35.7 Å². The molecule has 0 aliphatic heterocycles. The Hall–Kier alpha value is -3.16. The van der Waals surface area contributed by atoms with Gasteiger partial charge in [-0.2, -0.15) is 0 Å². The maximum absolute atomic E-state index is 11.1. The Bertz CT molecular complexity index is 791. The number of unbranched alkanes of at least 4 members (excludes halogenated alkanes) is 1. The second-order valence-electron chi connectivity index (χ2n) is 6.90. The summed E-state index contributed by atoms with van der Waals surface area (Å²) in [5.74, 6) is 1.66. The van der Waals surface area contributed by atoms with Gasteiger partial charge in [0.25, 0.3) is 0 Å². The summed E-state index contributed by atoms with van der Waals surface area (Å²) in [4.78, 5) is 23.7. The summed E-state index contributed by atoms with van der Waals surface area (Å²) in [6.45, 7) is 9.13. The smallest absolute Gasteiger partial charge is 0.224 e. The molecule has 0 fully saturated rings. The SMILES string of the molecule is CCC(=O)Nc1ccc(C(C)C)cc1.CCCCNc1ncnc(N)c1/C=N/OC. The summed E-state index contributed by atoms with van der Waals surface area (Å²) < 4.78 is 0. The molecule has 8 nitrogen and oxygen atoms in total. The topological polar surface area (TPSA) is 115 Å². The van der Waals surface area contributed by atoms with E-state index < -0.39 is 0 Å². The number of oxime groups is 1. The minimum atomic E-state index is 0.0577. The highest BCUT2D eigenvalue weighted by atomic mass is 16.6. The number of benzene rings is 1. The predicted octanol–water partition coefficient (Wildman–Crippen LogP) is 4.41. The van der Waals surface area contributed by atoms with Crippen molar-refractivity contribution < 1.29 is 9.63 Å². The monoisotopic (exact) mass is 414 g/mol. The summed E-state index contributed by atoms with van der Waals surface area (Å²) in [5, 5.41) is 9.67. The first-order valence-electron chi connectivity index (χ1n) is 10.2. The zero-order valence-corrected chi connectivity index (χ0v) is 18.6. The molecular formula is C22H34N6O2. The number of aromatic nitrogens is 2. The molecule has 0 radical (unpaired) electrons. The minimum Gasteiger partial charge on any atom is -0.399 e. The van der Waals surface area contributed by atoms with E-state index in [4.69, 9.17) is 5.73 Å². The van der Waals surface area contributed by atoms with Crippen LogP contribution in [0.5, 0.6) is 0 Å². The molecule has 4 N–H and O–H groups in total. The number of carbonyl (C=O) groups is 1. The van der Waals surface area contributed by atoms with Crippen molar-refractivity contribution in [1.29, 1.82) is 0 Å². The normalized spacial score (nSPS) is 10.5. The van der Waals surface area contributed by atoms with Gasteiger partial charge in [0, 0.05) is 18.7 Å². The fourth-order valence-corrected chi connectivity index (χ4v) is 2.37. The number of nitrogens with zero attached hydrogens (tertiary/aromatic N) is 3. The molecule has 0 atom stereocenters. The van der Waals surface area contributed by atoms with Crippen LogP contribution in [0.15, 0.2) is 35.7 Å². The van der Waals surface area contributed by atoms with Crippen molar-refractivity contribution in [3.8, 4) is 0 Å². The molecule has 0 aliphatic rings. The van der Waals surface area contributed by atoms with Crippen molar-refractivity contribution in [2.45, 2.75) is 52.9 Å². The Balaban J connectivity index is 0.000000303. The average Bonchev–Trinajstić information content (AvgIpc) is 2.74. The molecule has 0 bridgehead atoms. The van der Waals surface area contributed by atoms with Crippen molar-refractivity contribution >= 4 is 29.4 Å². The standard InChI is InChI=1S/C12H17NO.C10H17N5O/c1-4-12(14)13-11-7-5-10(6-8-11)9(2)3;1-3-4-5-12-10-8(6-15-16-2)9(11)13-7-14-10/h5-9H,4H2,1-3H3,(H,13,14);6-7H,3-5H2,1-2H3,(H3,11,12,13,14)/b;15-6+. The number of nitrogens with one attached hydrogen (secondary N) is 2. The van der Waals surface area contributed by atoms with Gasteiger partial charge in [-0.1, -0.05) is 51.4 Å². The highest BCUT2D eigenvalue weighted by molar-refractivity contribution is 5.91. The van der Waals surface area contributed by atoms with E-state index in [2.05, 4.69) is 63.5 Å². The van der Waals surface area contributed by atoms with E-state index in [1.54, 1.807) is 0 Å². The summed E-state index contributed by atoms with van der Waals surface area (Å²) in [5.41, 5.74) is 8.55. The Morgan fingerprint density at radius 3 is 2.50 bits per heavy atom. The summed E-state index contributed by atoms with van der Waals surface area (Å²) in [6, 6.07) is 8.00. The van der Waals surface area contributed by atoms with Crippen molar-refractivity contribution in [2.75, 3.05) is 30.0 Å². The van der Waals surface area contributed by atoms with Crippen LogP contribution < -0.4 is 16.4 Å². The van der Waals surface area contributed by atoms with Gasteiger partial charge in [0.05, 0.1) is 11.8 Å². The lowest BCUT2D eigenvalue weighted by Gasteiger charge is -2.08. The molecule has 0 aliphatic carbocycles. The van der Waals surface area contributed by atoms with Crippen LogP contribution in [0.25, 0.3) is 0 Å². The van der Waals surface area contributed by atoms with E-state index in [0.29, 0.717) is 29.5 Å². The lowest BCUT2D eigenvalue weighted by Crippen LogP contribution is -2.09. The number of nitrogens with two attached hydrogens (primary N) is 1. The number of amides is 1. The van der Waals surface area contributed by atoms with Gasteiger partial charge >= 0.3 is 0 Å². The number of anilines is 3. The molecule has 0 saturated carbocycles. The quantitative estimate of drug-likeness (QED) is 0.318. The van der Waals surface area contributed by atoms with Crippen LogP contribution in [0, 0.1) is 0 Å². The van der Waals surface area contributed by atoms with E-state index in [0.717, 1.165) is 25.1 Å². The van der Waals surface area contributed by atoms with Gasteiger partial charge in [-0.3, -0.25) is 4.79 Å². The van der Waals surface area contributed by atoms with Crippen molar-refractivity contribution in [1.82, 2.24) is 9.97 Å². The molecule has 0 unspecified atom stereocenters. The van der Waals surface area contributed by atoms with Gasteiger partial charge in [-0.15, -0.1) is 0 Å². The molecule has 1 aromatic carbocycles. The first kappa shape index (κ1) is 24.9. The molecule has 2 aromatic rings. The van der Waals surface area contributed by atoms with Crippen LogP contribution >= 0.6 is 0 Å². The molecule has 2 rings (SSSR count). The highest BCUT2D eigenvalue weighted by Gasteiger charge is 2.06. The third-order valence-corrected chi connectivity index (χ3v) is 4.21. The molecule has 0 saturated heterocycles. The number of nitrogen functional groups attached to an aromatic ring is 1. The van der Waals surface area contributed by atoms with Crippen LogP contribution in [0.1, 0.15) is 64.0 Å². The predicted molar refractivity (Wildman–Crippen MR) is 124 cm³/mol. The molecule has 0 spiro atoms. The zero-order chi connectivity index (χ0) is 22.4. The van der Waals surface area contributed by atoms with E-state index in [-0.39, 0.29) is 5.91 Å². The summed E-state index contributed by atoms with van der Waals surface area (Å²) >= 11 is 0. The lowest BCUT2D eigenvalue weighted by atomic mass is 10.0. The van der Waals surface area contributed by atoms with Crippen LogP contribution in [0.2, 0.25) is 0 Å². The van der Waals surface area contributed by atoms with E-state index in [1.807, 2.05) is 19.1 Å². The Morgan fingerprint density at radius 1 is 1.23 bits per heavy atom. The number of hydrogen-bond acceptors (Lipinski definition) is 7. The molecule has 1 aromatic heterocycles. The zero-order valence-electron chi connectivity index (χ0n) is 18.6. The molecule has 1 amide bonds. The fourth-order valence-electron chi connectivity index (χ4n) is 2.37. The van der Waals surface area contributed by atoms with Crippen molar-refractivity contribution in [3.63, 3.8) is 0 Å². The summed E-state index contributed by atoms with van der Waals surface area (Å²) in [7, 11) is 1.47. The third kappa shape index (κ3) is 8.89. The molecule has 164 valence electrons. The van der Waals surface area contributed by atoms with Gasteiger partial charge in [-0.25, -0.2) is 9.97 Å². The summed E-state index contributed by atoms with van der Waals surface area (Å²) in [6.07, 6.45) is 5.64. The average molecular weight is 415 g/mol. The van der Waals surface area contributed by atoms with E-state index >= 15 is 0 Å². The van der Waals surface area contributed by atoms with Gasteiger partial charge in [-0.05, 0) is 30.0 Å². The maximum Gasteiger partial charge on any atom is 0.224 e. The van der Waals surface area contributed by atoms with Gasteiger partial charge in [0.15, 0.2) is 0 Å². The fraction of sp³-hybridized carbons (Fsp3) is 0.455. The van der Waals surface area contributed by atoms with Crippen LogP contribution in [0.3, 0.4) is 0 Å². The lowest BCUT2D eigenvalue weighted by molar-refractivity contribution is -0.115. The molecule has 30 heavy (non-hydrogen) atoms. The van der Waals surface area contributed by atoms with Crippen molar-refractivity contribution in [3.05, 3.63) is 41.7 Å². The second kappa shape index (κ2) is 13.9. The van der Waals surface area contributed by atoms with E-state index in [1.165, 1.54) is 25.2 Å². The first-order valence-corrected chi connectivity index (χ1v) is 10.2. The van der Waals surface area contributed by atoms with Gasteiger partial charge in [0.2, 0.25) is 5.91 Å². The van der Waals surface area contributed by atoms with Crippen LogP contribution in [0.4, 0.5) is 17.3 Å². The first-order chi connectivity index (χ1) is 14.4. The molecule has 8 heteroatoms. The Morgan fingerprint density at radius 2 is 1.93 bits per heavy atom. The largest absolute Gasteiger partial charge is 0.399 e. The maximum atomic E-state index is 11.1. The molecular weight excluding hydrogens is 380 g/mol. The number of carbonyl (C=O) groups excluding carboxylic acids is 1. The second-order valence-corrected chi connectivity index (χ2v) is 6.90. The number of hydrogen-bond donors (Lipinski definition) is 3. The Kier molecular flexibility index (Phi) is 11.5. The van der Waals surface area contributed by atoms with Crippen molar-refractivity contribution in [2.24, 2.45) is 5.16 Å². The Labute approximate surface area is 179 Å². The molecule has 1 heterocycles. The number of rotatable bonds is 9. The van der Waals surface area contributed by atoms with Gasteiger partial charge < -0.3 is 21.2 Å². The third-order valence-electron chi connectivity index (χ3n) is 4.21. The van der Waals surface area contributed by atoms with Crippen LogP contribution in [-0.2, 0) is 9.63 Å². The minimum absolute atomic E-state index is 0.0577.